The highest BCUT2D eigenvalue weighted by atomic mass is 16.5. The molecule has 3 fully saturated rings. The van der Waals surface area contributed by atoms with Gasteiger partial charge in [0.15, 0.2) is 0 Å². The Morgan fingerprint density at radius 1 is 1.12 bits per heavy atom. The van der Waals surface area contributed by atoms with E-state index in [0.717, 1.165) is 44.2 Å². The first-order valence-electron chi connectivity index (χ1n) is 7.36. The van der Waals surface area contributed by atoms with E-state index in [9.17, 15) is 0 Å². The molecule has 0 amide bonds. The minimum absolute atomic E-state index is 0.373. The Morgan fingerprint density at radius 3 is 2.47 bits per heavy atom. The van der Waals surface area contributed by atoms with E-state index in [1.165, 1.54) is 38.5 Å². The largest absolute Gasteiger partial charge is 0.377 e. The van der Waals surface area contributed by atoms with E-state index in [4.69, 9.17) is 9.47 Å². The molecule has 3 heteroatoms. The fourth-order valence-electron chi connectivity index (χ4n) is 2.92. The van der Waals surface area contributed by atoms with Crippen molar-refractivity contribution in [3.05, 3.63) is 0 Å². The van der Waals surface area contributed by atoms with Crippen LogP contribution in [0.15, 0.2) is 0 Å². The standard InChI is InChI=1S/C14H25NO2/c1-2-13(17-8-1)10-16-9-7-15-14(11-3-4-11)12-5-6-12/h11-15H,1-10H2. The highest BCUT2D eigenvalue weighted by Gasteiger charge is 2.40. The van der Waals surface area contributed by atoms with Gasteiger partial charge in [-0.2, -0.15) is 0 Å². The Morgan fingerprint density at radius 2 is 1.88 bits per heavy atom. The van der Waals surface area contributed by atoms with Crippen molar-refractivity contribution in [1.82, 2.24) is 5.32 Å². The van der Waals surface area contributed by atoms with Gasteiger partial charge in [0, 0.05) is 19.2 Å². The zero-order valence-electron chi connectivity index (χ0n) is 10.7. The van der Waals surface area contributed by atoms with Gasteiger partial charge in [0.25, 0.3) is 0 Å². The molecule has 0 aromatic rings. The zero-order chi connectivity index (χ0) is 11.5. The summed E-state index contributed by atoms with van der Waals surface area (Å²) in [4.78, 5) is 0. The van der Waals surface area contributed by atoms with Gasteiger partial charge in [0.1, 0.15) is 0 Å². The molecular weight excluding hydrogens is 214 g/mol. The van der Waals surface area contributed by atoms with Crippen molar-refractivity contribution in [3.63, 3.8) is 0 Å². The molecule has 2 saturated carbocycles. The van der Waals surface area contributed by atoms with Crippen LogP contribution in [0.2, 0.25) is 0 Å². The highest BCUT2D eigenvalue weighted by Crippen LogP contribution is 2.44. The average Bonchev–Trinajstić information content (AvgIpc) is 3.25. The lowest BCUT2D eigenvalue weighted by atomic mass is 10.1. The molecule has 0 aromatic carbocycles. The van der Waals surface area contributed by atoms with Gasteiger partial charge in [0.2, 0.25) is 0 Å². The van der Waals surface area contributed by atoms with E-state index in [1.807, 2.05) is 0 Å². The molecule has 0 bridgehead atoms. The summed E-state index contributed by atoms with van der Waals surface area (Å²) in [5, 5.41) is 3.70. The highest BCUT2D eigenvalue weighted by molar-refractivity contribution is 4.96. The summed E-state index contributed by atoms with van der Waals surface area (Å²) in [5.41, 5.74) is 0. The lowest BCUT2D eigenvalue weighted by Gasteiger charge is -2.18. The SMILES string of the molecule is C1COC(COCCNC(C2CC2)C2CC2)C1. The van der Waals surface area contributed by atoms with E-state index in [1.54, 1.807) is 0 Å². The van der Waals surface area contributed by atoms with Crippen LogP contribution in [-0.2, 0) is 9.47 Å². The molecule has 0 spiro atoms. The molecule has 1 N–H and O–H groups in total. The van der Waals surface area contributed by atoms with Crippen molar-refractivity contribution in [2.75, 3.05) is 26.4 Å². The molecule has 1 aliphatic heterocycles. The molecule has 2 aliphatic carbocycles. The minimum atomic E-state index is 0.373. The summed E-state index contributed by atoms with van der Waals surface area (Å²) in [6.45, 7) is 3.58. The number of hydrogen-bond acceptors (Lipinski definition) is 3. The first kappa shape index (κ1) is 11.9. The van der Waals surface area contributed by atoms with Gasteiger partial charge in [-0.3, -0.25) is 0 Å². The maximum Gasteiger partial charge on any atom is 0.0809 e. The van der Waals surface area contributed by atoms with Gasteiger partial charge in [-0.25, -0.2) is 0 Å². The predicted octanol–water partition coefficient (Wildman–Crippen LogP) is 1.96. The maximum absolute atomic E-state index is 5.68. The summed E-state index contributed by atoms with van der Waals surface area (Å²) >= 11 is 0. The predicted molar refractivity (Wildman–Crippen MR) is 67.0 cm³/mol. The summed E-state index contributed by atoms with van der Waals surface area (Å²) in [6, 6.07) is 0.807. The van der Waals surface area contributed by atoms with Crippen molar-refractivity contribution in [3.8, 4) is 0 Å². The molecule has 1 heterocycles. The maximum atomic E-state index is 5.68. The normalized spacial score (nSPS) is 29.1. The monoisotopic (exact) mass is 239 g/mol. The van der Waals surface area contributed by atoms with Gasteiger partial charge in [-0.15, -0.1) is 0 Å². The molecule has 0 radical (unpaired) electrons. The van der Waals surface area contributed by atoms with Crippen molar-refractivity contribution in [2.45, 2.75) is 50.7 Å². The van der Waals surface area contributed by atoms with Crippen LogP contribution in [0.1, 0.15) is 38.5 Å². The zero-order valence-corrected chi connectivity index (χ0v) is 10.7. The Kier molecular flexibility index (Phi) is 3.99. The summed E-state index contributed by atoms with van der Waals surface area (Å²) in [7, 11) is 0. The van der Waals surface area contributed by atoms with E-state index in [0.29, 0.717) is 6.10 Å². The third kappa shape index (κ3) is 3.67. The van der Waals surface area contributed by atoms with Gasteiger partial charge in [0.05, 0.1) is 19.3 Å². The molecule has 3 aliphatic rings. The first-order chi connectivity index (χ1) is 8.43. The van der Waals surface area contributed by atoms with Gasteiger partial charge in [-0.05, 0) is 50.4 Å². The van der Waals surface area contributed by atoms with E-state index < -0.39 is 0 Å². The molecule has 3 nitrogen and oxygen atoms in total. The third-order valence-electron chi connectivity index (χ3n) is 4.21. The van der Waals surface area contributed by atoms with Crippen LogP contribution >= 0.6 is 0 Å². The molecule has 17 heavy (non-hydrogen) atoms. The van der Waals surface area contributed by atoms with Crippen LogP contribution in [0.25, 0.3) is 0 Å². The smallest absolute Gasteiger partial charge is 0.0809 e. The van der Waals surface area contributed by atoms with Crippen molar-refractivity contribution in [1.29, 1.82) is 0 Å². The Balaban J connectivity index is 1.24. The van der Waals surface area contributed by atoms with Crippen LogP contribution < -0.4 is 5.32 Å². The van der Waals surface area contributed by atoms with Crippen molar-refractivity contribution >= 4 is 0 Å². The van der Waals surface area contributed by atoms with Crippen LogP contribution in [-0.4, -0.2) is 38.5 Å². The van der Waals surface area contributed by atoms with E-state index >= 15 is 0 Å². The summed E-state index contributed by atoms with van der Waals surface area (Å²) in [6.07, 6.45) is 8.56. The Labute approximate surface area is 104 Å². The summed E-state index contributed by atoms with van der Waals surface area (Å²) < 4.78 is 11.2. The second-order valence-corrected chi connectivity index (χ2v) is 5.86. The molecule has 1 saturated heterocycles. The fourth-order valence-corrected chi connectivity index (χ4v) is 2.92. The quantitative estimate of drug-likeness (QED) is 0.657. The topological polar surface area (TPSA) is 30.5 Å². The lowest BCUT2D eigenvalue weighted by molar-refractivity contribution is 0.0176. The molecule has 1 atom stereocenters. The van der Waals surface area contributed by atoms with Crippen LogP contribution in [0.3, 0.4) is 0 Å². The average molecular weight is 239 g/mol. The first-order valence-corrected chi connectivity index (χ1v) is 7.36. The summed E-state index contributed by atoms with van der Waals surface area (Å²) in [5.74, 6) is 1.97. The molecule has 1 unspecified atom stereocenters. The second-order valence-electron chi connectivity index (χ2n) is 5.86. The molecule has 0 aromatic heterocycles. The van der Waals surface area contributed by atoms with Crippen LogP contribution in [0, 0.1) is 11.8 Å². The third-order valence-corrected chi connectivity index (χ3v) is 4.21. The lowest BCUT2D eigenvalue weighted by Crippen LogP contribution is -2.35. The van der Waals surface area contributed by atoms with Crippen LogP contribution in [0.5, 0.6) is 0 Å². The fraction of sp³-hybridized carbons (Fsp3) is 1.00. The number of ether oxygens (including phenoxy) is 2. The molecule has 98 valence electrons. The van der Waals surface area contributed by atoms with Crippen molar-refractivity contribution in [2.24, 2.45) is 11.8 Å². The Hall–Kier alpha value is -0.120. The molecule has 3 rings (SSSR count). The van der Waals surface area contributed by atoms with E-state index in [2.05, 4.69) is 5.32 Å². The van der Waals surface area contributed by atoms with Gasteiger partial charge < -0.3 is 14.8 Å². The number of rotatable bonds is 8. The van der Waals surface area contributed by atoms with Gasteiger partial charge in [-0.1, -0.05) is 0 Å². The molecular formula is C14H25NO2. The van der Waals surface area contributed by atoms with E-state index in [-0.39, 0.29) is 0 Å². The second kappa shape index (κ2) is 5.68. The number of nitrogens with one attached hydrogen (secondary N) is 1. The number of hydrogen-bond donors (Lipinski definition) is 1. The van der Waals surface area contributed by atoms with Crippen molar-refractivity contribution < 1.29 is 9.47 Å². The van der Waals surface area contributed by atoms with Crippen LogP contribution in [0.4, 0.5) is 0 Å². The minimum Gasteiger partial charge on any atom is -0.377 e. The Bertz CT molecular complexity index is 220. The van der Waals surface area contributed by atoms with Gasteiger partial charge >= 0.3 is 0 Å².